The number of ether oxygens (including phenoxy) is 1. The lowest BCUT2D eigenvalue weighted by Crippen LogP contribution is -1.99. The molecule has 3 nitrogen and oxygen atoms in total. The van der Waals surface area contributed by atoms with Gasteiger partial charge in [0.05, 0.1) is 17.8 Å². The Labute approximate surface area is 117 Å². The summed E-state index contributed by atoms with van der Waals surface area (Å²) in [7, 11) is 1.57. The lowest BCUT2D eigenvalue weighted by molar-refractivity contribution is 0.101. The first-order valence-corrected chi connectivity index (χ1v) is 6.23. The maximum atomic E-state index is 11.4. The maximum Gasteiger partial charge on any atom is 0.161 e. The number of nitrogens with zero attached hydrogens (tertiary/aromatic N) is 1. The molecule has 0 aliphatic heterocycles. The van der Waals surface area contributed by atoms with Crippen molar-refractivity contribution in [3.05, 3.63) is 46.6 Å². The molecule has 0 N–H and O–H groups in total. The van der Waals surface area contributed by atoms with Crippen LogP contribution < -0.4 is 4.74 Å². The predicted molar refractivity (Wildman–Crippen MR) is 76.0 cm³/mol. The molecule has 98 valence electrons. The summed E-state index contributed by atoms with van der Waals surface area (Å²) in [5, 5.41) is 0.537. The van der Waals surface area contributed by atoms with Crippen molar-refractivity contribution >= 4 is 17.4 Å². The van der Waals surface area contributed by atoms with Gasteiger partial charge in [-0.15, -0.1) is 0 Å². The first kappa shape index (κ1) is 13.6. The highest BCUT2D eigenvalue weighted by molar-refractivity contribution is 6.32. The average Bonchev–Trinajstić information content (AvgIpc) is 2.38. The van der Waals surface area contributed by atoms with E-state index >= 15 is 0 Å². The van der Waals surface area contributed by atoms with E-state index in [-0.39, 0.29) is 5.78 Å². The number of halogens is 1. The van der Waals surface area contributed by atoms with Crippen molar-refractivity contribution in [2.45, 2.75) is 13.8 Å². The number of methoxy groups -OCH3 is 1. The molecule has 0 bridgehead atoms. The van der Waals surface area contributed by atoms with Gasteiger partial charge in [-0.2, -0.15) is 0 Å². The van der Waals surface area contributed by atoms with E-state index in [0.29, 0.717) is 16.3 Å². The molecule has 0 fully saturated rings. The number of hydrogen-bond donors (Lipinski definition) is 0. The zero-order chi connectivity index (χ0) is 14.0. The van der Waals surface area contributed by atoms with Crippen molar-refractivity contribution in [3.63, 3.8) is 0 Å². The van der Waals surface area contributed by atoms with Gasteiger partial charge in [0.25, 0.3) is 0 Å². The summed E-state index contributed by atoms with van der Waals surface area (Å²) in [6.07, 6.45) is 0. The second-order valence-electron chi connectivity index (χ2n) is 4.23. The summed E-state index contributed by atoms with van der Waals surface area (Å²) >= 11 is 6.09. The minimum absolute atomic E-state index is 0.0179. The van der Waals surface area contributed by atoms with Gasteiger partial charge >= 0.3 is 0 Å². The van der Waals surface area contributed by atoms with Crippen LogP contribution in [0.3, 0.4) is 0 Å². The van der Waals surface area contributed by atoms with Crippen LogP contribution >= 0.6 is 11.6 Å². The van der Waals surface area contributed by atoms with Crippen molar-refractivity contribution in [1.29, 1.82) is 0 Å². The SMILES string of the molecule is COc1ccc(-c2ccc(C(C)=O)c(C)n2)cc1Cl. The molecule has 0 saturated carbocycles. The molecule has 0 radical (unpaired) electrons. The van der Waals surface area contributed by atoms with Crippen molar-refractivity contribution in [1.82, 2.24) is 4.98 Å². The average molecular weight is 276 g/mol. The van der Waals surface area contributed by atoms with Gasteiger partial charge in [-0.1, -0.05) is 11.6 Å². The van der Waals surface area contributed by atoms with Crippen LogP contribution in [0.5, 0.6) is 5.75 Å². The fourth-order valence-corrected chi connectivity index (χ4v) is 2.18. The van der Waals surface area contributed by atoms with Crippen LogP contribution in [-0.2, 0) is 0 Å². The lowest BCUT2D eigenvalue weighted by atomic mass is 10.1. The highest BCUT2D eigenvalue weighted by Crippen LogP contribution is 2.29. The molecule has 0 amide bonds. The molecule has 0 aliphatic carbocycles. The van der Waals surface area contributed by atoms with Gasteiger partial charge in [0.2, 0.25) is 0 Å². The summed E-state index contributed by atoms with van der Waals surface area (Å²) in [5.41, 5.74) is 3.04. The number of rotatable bonds is 3. The van der Waals surface area contributed by atoms with Crippen molar-refractivity contribution in [3.8, 4) is 17.0 Å². The summed E-state index contributed by atoms with van der Waals surface area (Å²) in [4.78, 5) is 15.8. The van der Waals surface area contributed by atoms with E-state index in [4.69, 9.17) is 16.3 Å². The normalized spacial score (nSPS) is 10.3. The number of benzene rings is 1. The van der Waals surface area contributed by atoms with E-state index < -0.39 is 0 Å². The van der Waals surface area contributed by atoms with Gasteiger partial charge in [0, 0.05) is 16.8 Å². The molecule has 0 spiro atoms. The lowest BCUT2D eigenvalue weighted by Gasteiger charge is -2.08. The van der Waals surface area contributed by atoms with Crippen LogP contribution in [0.2, 0.25) is 5.02 Å². The van der Waals surface area contributed by atoms with Crippen molar-refractivity contribution in [2.24, 2.45) is 0 Å². The summed E-state index contributed by atoms with van der Waals surface area (Å²) in [5.74, 6) is 0.645. The van der Waals surface area contributed by atoms with Crippen LogP contribution in [0, 0.1) is 6.92 Å². The number of aryl methyl sites for hydroxylation is 1. The smallest absolute Gasteiger partial charge is 0.161 e. The summed E-state index contributed by atoms with van der Waals surface area (Å²) in [6, 6.07) is 9.10. The standard InChI is InChI=1S/C15H14ClNO2/c1-9-12(10(2)18)5-6-14(17-9)11-4-7-15(19-3)13(16)8-11/h4-8H,1-3H3. The van der Waals surface area contributed by atoms with Crippen LogP contribution in [0.4, 0.5) is 0 Å². The molecule has 1 heterocycles. The van der Waals surface area contributed by atoms with E-state index in [0.717, 1.165) is 17.0 Å². The van der Waals surface area contributed by atoms with Crippen LogP contribution in [0.1, 0.15) is 23.0 Å². The van der Waals surface area contributed by atoms with Gasteiger partial charge in [-0.05, 0) is 44.2 Å². The van der Waals surface area contributed by atoms with Gasteiger partial charge in [-0.3, -0.25) is 9.78 Å². The molecule has 0 saturated heterocycles. The Balaban J connectivity index is 2.45. The van der Waals surface area contributed by atoms with Crippen LogP contribution in [0.15, 0.2) is 30.3 Å². The van der Waals surface area contributed by atoms with E-state index in [1.54, 1.807) is 25.3 Å². The Morgan fingerprint density at radius 3 is 2.53 bits per heavy atom. The minimum Gasteiger partial charge on any atom is -0.495 e. The zero-order valence-corrected chi connectivity index (χ0v) is 11.8. The second kappa shape index (κ2) is 5.41. The number of carbonyl (C=O) groups excluding carboxylic acids is 1. The fourth-order valence-electron chi connectivity index (χ4n) is 1.92. The number of Topliss-reactive ketones (excluding diaryl/α,β-unsaturated/α-hetero) is 1. The topological polar surface area (TPSA) is 39.2 Å². The molecule has 19 heavy (non-hydrogen) atoms. The number of ketones is 1. The number of hydrogen-bond acceptors (Lipinski definition) is 3. The van der Waals surface area contributed by atoms with Gasteiger partial charge < -0.3 is 4.74 Å². The van der Waals surface area contributed by atoms with Crippen LogP contribution in [0.25, 0.3) is 11.3 Å². The minimum atomic E-state index is 0.0179. The van der Waals surface area contributed by atoms with Crippen molar-refractivity contribution < 1.29 is 9.53 Å². The molecular formula is C15H14ClNO2. The quantitative estimate of drug-likeness (QED) is 0.797. The predicted octanol–water partition coefficient (Wildman–Crippen LogP) is 3.92. The van der Waals surface area contributed by atoms with Gasteiger partial charge in [0.15, 0.2) is 5.78 Å². The molecule has 1 aromatic heterocycles. The van der Waals surface area contributed by atoms with E-state index in [1.165, 1.54) is 6.92 Å². The van der Waals surface area contributed by atoms with E-state index in [1.807, 2.05) is 19.1 Å². The Morgan fingerprint density at radius 1 is 1.26 bits per heavy atom. The zero-order valence-electron chi connectivity index (χ0n) is 11.0. The number of carbonyl (C=O) groups is 1. The second-order valence-corrected chi connectivity index (χ2v) is 4.64. The fraction of sp³-hybridized carbons (Fsp3) is 0.200. The highest BCUT2D eigenvalue weighted by atomic mass is 35.5. The van der Waals surface area contributed by atoms with Crippen molar-refractivity contribution in [2.75, 3.05) is 7.11 Å². The first-order valence-electron chi connectivity index (χ1n) is 5.85. The monoisotopic (exact) mass is 275 g/mol. The highest BCUT2D eigenvalue weighted by Gasteiger charge is 2.09. The molecule has 2 rings (SSSR count). The Morgan fingerprint density at radius 2 is 2.00 bits per heavy atom. The third kappa shape index (κ3) is 2.76. The molecule has 4 heteroatoms. The number of pyridine rings is 1. The van der Waals surface area contributed by atoms with E-state index in [2.05, 4.69) is 4.98 Å². The van der Waals surface area contributed by atoms with E-state index in [9.17, 15) is 4.79 Å². The molecule has 0 aliphatic rings. The molecule has 2 aromatic rings. The van der Waals surface area contributed by atoms with Gasteiger partial charge in [-0.25, -0.2) is 0 Å². The Bertz CT molecular complexity index is 638. The molecule has 0 atom stereocenters. The Hall–Kier alpha value is -1.87. The largest absolute Gasteiger partial charge is 0.495 e. The third-order valence-corrected chi connectivity index (χ3v) is 3.21. The maximum absolute atomic E-state index is 11.4. The molecule has 0 unspecified atom stereocenters. The molecular weight excluding hydrogens is 262 g/mol. The summed E-state index contributed by atoms with van der Waals surface area (Å²) in [6.45, 7) is 3.36. The third-order valence-electron chi connectivity index (χ3n) is 2.91. The van der Waals surface area contributed by atoms with Crippen LogP contribution in [-0.4, -0.2) is 17.9 Å². The Kier molecular flexibility index (Phi) is 3.86. The molecule has 1 aromatic carbocycles. The van der Waals surface area contributed by atoms with Gasteiger partial charge in [0.1, 0.15) is 5.75 Å². The summed E-state index contributed by atoms with van der Waals surface area (Å²) < 4.78 is 5.11. The first-order chi connectivity index (χ1) is 9.02. The number of aromatic nitrogens is 1.